The van der Waals surface area contributed by atoms with E-state index < -0.39 is 23.5 Å². The van der Waals surface area contributed by atoms with Gasteiger partial charge in [-0.15, -0.1) is 0 Å². The Hall–Kier alpha value is -3.29. The van der Waals surface area contributed by atoms with Crippen molar-refractivity contribution in [1.82, 2.24) is 5.32 Å². The first kappa shape index (κ1) is 22.9. The van der Waals surface area contributed by atoms with Crippen LogP contribution in [-0.2, 0) is 9.59 Å². The molecule has 2 aromatic carbocycles. The Morgan fingerprint density at radius 2 is 1.79 bits per heavy atom. The number of nitrogens with one attached hydrogen (secondary N) is 2. The number of hydrogen-bond acceptors (Lipinski definition) is 3. The predicted octanol–water partition coefficient (Wildman–Crippen LogP) is 4.33. The van der Waals surface area contributed by atoms with Gasteiger partial charge in [0.15, 0.2) is 0 Å². The van der Waals surface area contributed by atoms with E-state index in [0.717, 1.165) is 37.3 Å². The number of nitrogens with zero attached hydrogens (tertiary/aromatic N) is 1. The molecule has 0 spiro atoms. The maximum Gasteiger partial charge on any atom is 0.251 e. The van der Waals surface area contributed by atoms with Crippen LogP contribution in [0.15, 0.2) is 36.4 Å². The SMILES string of the molecule is Cc1cc(C(=O)NC2CCCCC2)ccc1NC(=O)C1CC(=O)N(c2ccc(F)cc2F)C1. The van der Waals surface area contributed by atoms with Gasteiger partial charge in [-0.2, -0.15) is 0 Å². The molecular formula is C25H27F2N3O3. The molecule has 0 radical (unpaired) electrons. The van der Waals surface area contributed by atoms with E-state index in [2.05, 4.69) is 10.6 Å². The summed E-state index contributed by atoms with van der Waals surface area (Å²) in [4.78, 5) is 38.9. The topological polar surface area (TPSA) is 78.5 Å². The number of rotatable bonds is 5. The fourth-order valence-electron chi connectivity index (χ4n) is 4.51. The molecule has 1 aliphatic heterocycles. The minimum Gasteiger partial charge on any atom is -0.349 e. The molecule has 2 aromatic rings. The Kier molecular flexibility index (Phi) is 6.72. The summed E-state index contributed by atoms with van der Waals surface area (Å²) >= 11 is 0. The number of benzene rings is 2. The summed E-state index contributed by atoms with van der Waals surface area (Å²) in [6.45, 7) is 1.81. The van der Waals surface area contributed by atoms with Crippen LogP contribution in [0, 0.1) is 24.5 Å². The summed E-state index contributed by atoms with van der Waals surface area (Å²) in [5, 5.41) is 5.89. The molecule has 0 aromatic heterocycles. The zero-order valence-electron chi connectivity index (χ0n) is 18.5. The van der Waals surface area contributed by atoms with E-state index in [4.69, 9.17) is 0 Å². The fraction of sp³-hybridized carbons (Fsp3) is 0.400. The molecule has 1 saturated heterocycles. The number of amides is 3. The van der Waals surface area contributed by atoms with Crippen LogP contribution in [0.3, 0.4) is 0 Å². The number of aryl methyl sites for hydroxylation is 1. The minimum atomic E-state index is -0.845. The standard InChI is InChI=1S/C25H27F2N3O3/c1-15-11-16(24(32)28-19-5-3-2-4-6-19)7-9-21(15)29-25(33)17-12-23(31)30(14-17)22-10-8-18(26)13-20(22)27/h7-11,13,17,19H,2-6,12,14H2,1H3,(H,28,32)(H,29,33). The van der Waals surface area contributed by atoms with Crippen molar-refractivity contribution >= 4 is 29.1 Å². The molecular weight excluding hydrogens is 428 g/mol. The molecule has 174 valence electrons. The van der Waals surface area contributed by atoms with Crippen molar-refractivity contribution in [2.45, 2.75) is 51.5 Å². The number of halogens is 2. The monoisotopic (exact) mass is 455 g/mol. The molecule has 1 saturated carbocycles. The lowest BCUT2D eigenvalue weighted by Gasteiger charge is -2.23. The van der Waals surface area contributed by atoms with Gasteiger partial charge in [0.25, 0.3) is 5.91 Å². The Morgan fingerprint density at radius 1 is 1.03 bits per heavy atom. The average Bonchev–Trinajstić information content (AvgIpc) is 3.17. The van der Waals surface area contributed by atoms with Gasteiger partial charge in [-0.3, -0.25) is 14.4 Å². The zero-order chi connectivity index (χ0) is 23.5. The lowest BCUT2D eigenvalue weighted by molar-refractivity contribution is -0.122. The van der Waals surface area contributed by atoms with Gasteiger partial charge in [0.05, 0.1) is 11.6 Å². The molecule has 2 N–H and O–H groups in total. The van der Waals surface area contributed by atoms with Gasteiger partial charge in [-0.25, -0.2) is 8.78 Å². The third-order valence-corrected chi connectivity index (χ3v) is 6.38. The third-order valence-electron chi connectivity index (χ3n) is 6.38. The molecule has 1 heterocycles. The molecule has 0 bridgehead atoms. The van der Waals surface area contributed by atoms with Gasteiger partial charge < -0.3 is 15.5 Å². The van der Waals surface area contributed by atoms with Crippen LogP contribution in [-0.4, -0.2) is 30.3 Å². The van der Waals surface area contributed by atoms with Gasteiger partial charge in [-0.1, -0.05) is 19.3 Å². The third kappa shape index (κ3) is 5.21. The molecule has 33 heavy (non-hydrogen) atoms. The van der Waals surface area contributed by atoms with Crippen molar-refractivity contribution in [3.8, 4) is 0 Å². The summed E-state index contributed by atoms with van der Waals surface area (Å²) in [7, 11) is 0. The molecule has 1 unspecified atom stereocenters. The van der Waals surface area contributed by atoms with Gasteiger partial charge >= 0.3 is 0 Å². The van der Waals surface area contributed by atoms with Crippen LogP contribution in [0.5, 0.6) is 0 Å². The highest BCUT2D eigenvalue weighted by Crippen LogP contribution is 2.29. The number of carbonyl (C=O) groups is 3. The zero-order valence-corrected chi connectivity index (χ0v) is 18.5. The van der Waals surface area contributed by atoms with Crippen molar-refractivity contribution < 1.29 is 23.2 Å². The van der Waals surface area contributed by atoms with E-state index >= 15 is 0 Å². The molecule has 1 atom stereocenters. The number of anilines is 2. The highest BCUT2D eigenvalue weighted by molar-refractivity contribution is 6.04. The van der Waals surface area contributed by atoms with Crippen molar-refractivity contribution in [2.24, 2.45) is 5.92 Å². The lowest BCUT2D eigenvalue weighted by Crippen LogP contribution is -2.36. The molecule has 8 heteroatoms. The van der Waals surface area contributed by atoms with E-state index in [1.807, 2.05) is 0 Å². The normalized spacial score (nSPS) is 18.9. The maximum atomic E-state index is 14.1. The molecule has 4 rings (SSSR count). The van der Waals surface area contributed by atoms with Crippen molar-refractivity contribution in [2.75, 3.05) is 16.8 Å². The first-order valence-corrected chi connectivity index (χ1v) is 11.3. The number of carbonyl (C=O) groups excluding carboxylic acids is 3. The van der Waals surface area contributed by atoms with Crippen LogP contribution >= 0.6 is 0 Å². The van der Waals surface area contributed by atoms with Gasteiger partial charge in [-0.05, 0) is 55.7 Å². The molecule has 1 aliphatic carbocycles. The van der Waals surface area contributed by atoms with Crippen LogP contribution < -0.4 is 15.5 Å². The van der Waals surface area contributed by atoms with E-state index in [1.54, 1.807) is 25.1 Å². The average molecular weight is 456 g/mol. The van der Waals surface area contributed by atoms with Crippen molar-refractivity contribution in [3.63, 3.8) is 0 Å². The van der Waals surface area contributed by atoms with Crippen LogP contribution in [0.1, 0.15) is 54.4 Å². The smallest absolute Gasteiger partial charge is 0.251 e. The first-order valence-electron chi connectivity index (χ1n) is 11.3. The second-order valence-corrected chi connectivity index (χ2v) is 8.83. The second kappa shape index (κ2) is 9.68. The first-order chi connectivity index (χ1) is 15.8. The summed E-state index contributed by atoms with van der Waals surface area (Å²) in [6.07, 6.45) is 5.40. The Labute approximate surface area is 191 Å². The lowest BCUT2D eigenvalue weighted by atomic mass is 9.95. The Bertz CT molecular complexity index is 1080. The van der Waals surface area contributed by atoms with Crippen molar-refractivity contribution in [1.29, 1.82) is 0 Å². The Balaban J connectivity index is 1.39. The predicted molar refractivity (Wildman–Crippen MR) is 121 cm³/mol. The summed E-state index contributed by atoms with van der Waals surface area (Å²) in [5.41, 5.74) is 1.77. The quantitative estimate of drug-likeness (QED) is 0.705. The van der Waals surface area contributed by atoms with Crippen LogP contribution in [0.4, 0.5) is 20.2 Å². The van der Waals surface area contributed by atoms with Gasteiger partial charge in [0.1, 0.15) is 11.6 Å². The highest BCUT2D eigenvalue weighted by Gasteiger charge is 2.36. The van der Waals surface area contributed by atoms with E-state index in [-0.39, 0.29) is 36.5 Å². The largest absolute Gasteiger partial charge is 0.349 e. The van der Waals surface area contributed by atoms with Gasteiger partial charge in [0.2, 0.25) is 11.8 Å². The van der Waals surface area contributed by atoms with Gasteiger partial charge in [0, 0.05) is 36.3 Å². The van der Waals surface area contributed by atoms with Crippen molar-refractivity contribution in [3.05, 3.63) is 59.2 Å². The van der Waals surface area contributed by atoms with Crippen LogP contribution in [0.2, 0.25) is 0 Å². The summed E-state index contributed by atoms with van der Waals surface area (Å²) < 4.78 is 27.3. The maximum absolute atomic E-state index is 14.1. The molecule has 2 aliphatic rings. The molecule has 2 fully saturated rings. The second-order valence-electron chi connectivity index (χ2n) is 8.83. The fourth-order valence-corrected chi connectivity index (χ4v) is 4.51. The molecule has 6 nitrogen and oxygen atoms in total. The van der Waals surface area contributed by atoms with Crippen LogP contribution in [0.25, 0.3) is 0 Å². The van der Waals surface area contributed by atoms with E-state index in [1.165, 1.54) is 17.4 Å². The molecule has 3 amide bonds. The number of hydrogen-bond donors (Lipinski definition) is 2. The minimum absolute atomic E-state index is 0.00808. The summed E-state index contributed by atoms with van der Waals surface area (Å²) in [5.74, 6) is -3.13. The van der Waals surface area contributed by atoms with E-state index in [9.17, 15) is 23.2 Å². The van der Waals surface area contributed by atoms with E-state index in [0.29, 0.717) is 17.3 Å². The summed E-state index contributed by atoms with van der Waals surface area (Å²) in [6, 6.07) is 8.27. The highest BCUT2D eigenvalue weighted by atomic mass is 19.1. The Morgan fingerprint density at radius 3 is 2.48 bits per heavy atom.